The van der Waals surface area contributed by atoms with Crippen LogP contribution in [0, 0.1) is 28.9 Å². The zero-order valence-electron chi connectivity index (χ0n) is 30.6. The van der Waals surface area contributed by atoms with Crippen molar-refractivity contribution in [1.29, 1.82) is 5.26 Å². The fourth-order valence-electron chi connectivity index (χ4n) is 7.28. The fraction of sp³-hybridized carbons (Fsp3) is 0.465. The third kappa shape index (κ3) is 8.22. The van der Waals surface area contributed by atoms with Gasteiger partial charge in [0.15, 0.2) is 0 Å². The summed E-state index contributed by atoms with van der Waals surface area (Å²) >= 11 is 5.27. The molecule has 3 nitrogen and oxygen atoms in total. The van der Waals surface area contributed by atoms with Gasteiger partial charge in [-0.15, -0.1) is 34.0 Å². The largest absolute Gasteiger partial charge is 0.372 e. The Bertz CT molecular complexity index is 2060. The molecule has 0 radical (unpaired) electrons. The van der Waals surface area contributed by atoms with Crippen molar-refractivity contribution in [1.82, 2.24) is 4.57 Å². The molecule has 4 aromatic heterocycles. The van der Waals surface area contributed by atoms with Crippen LogP contribution in [0.4, 0.5) is 14.5 Å². The predicted octanol–water partition coefficient (Wildman–Crippen LogP) is 14.8. The Morgan fingerprint density at radius 3 is 1.94 bits per heavy atom. The first kappa shape index (κ1) is 37.5. The molecule has 0 fully saturated rings. The van der Waals surface area contributed by atoms with Gasteiger partial charge in [-0.1, -0.05) is 97.6 Å². The highest BCUT2D eigenvalue weighted by molar-refractivity contribution is 7.36. The van der Waals surface area contributed by atoms with E-state index in [-0.39, 0.29) is 0 Å². The molecule has 0 spiro atoms. The molecule has 0 aliphatic heterocycles. The van der Waals surface area contributed by atoms with E-state index in [9.17, 15) is 8.78 Å². The van der Waals surface area contributed by atoms with Crippen molar-refractivity contribution in [2.45, 2.75) is 111 Å². The molecule has 1 atom stereocenters. The minimum atomic E-state index is -0.813. The number of rotatable bonds is 19. The van der Waals surface area contributed by atoms with E-state index >= 15 is 0 Å². The Morgan fingerprint density at radius 2 is 1.33 bits per heavy atom. The number of thiophene rings is 3. The van der Waals surface area contributed by atoms with Gasteiger partial charge in [0.1, 0.15) is 23.3 Å². The number of hydrogen-bond donors (Lipinski definition) is 0. The summed E-state index contributed by atoms with van der Waals surface area (Å²) in [5, 5.41) is 9.17. The normalized spacial score (nSPS) is 12.4. The Balaban J connectivity index is 1.36. The van der Waals surface area contributed by atoms with E-state index < -0.39 is 17.2 Å². The van der Waals surface area contributed by atoms with Crippen LogP contribution in [0.3, 0.4) is 0 Å². The van der Waals surface area contributed by atoms with Crippen molar-refractivity contribution in [3.63, 3.8) is 0 Å². The topological polar surface area (TPSA) is 32.0 Å². The van der Waals surface area contributed by atoms with E-state index in [0.717, 1.165) is 35.6 Å². The first-order chi connectivity index (χ1) is 24.9. The van der Waals surface area contributed by atoms with Crippen LogP contribution in [0.15, 0.2) is 48.5 Å². The van der Waals surface area contributed by atoms with Crippen LogP contribution >= 0.6 is 34.0 Å². The average molecular weight is 744 g/mol. The van der Waals surface area contributed by atoms with Crippen molar-refractivity contribution >= 4 is 69.5 Å². The summed E-state index contributed by atoms with van der Waals surface area (Å²) in [5.74, 6) is -1.05. The number of nitrogens with zero attached hydrogens (tertiary/aromatic N) is 3. The van der Waals surface area contributed by atoms with E-state index in [1.807, 2.05) is 11.3 Å². The van der Waals surface area contributed by atoms with Crippen LogP contribution in [-0.4, -0.2) is 17.7 Å². The number of benzene rings is 2. The Morgan fingerprint density at radius 1 is 0.706 bits per heavy atom. The second-order valence-electron chi connectivity index (χ2n) is 14.0. The van der Waals surface area contributed by atoms with Crippen LogP contribution in [0.5, 0.6) is 0 Å². The lowest BCUT2D eigenvalue weighted by molar-refractivity contribution is 0.401. The summed E-state index contributed by atoms with van der Waals surface area (Å²) in [6.45, 7) is 12.3. The summed E-state index contributed by atoms with van der Waals surface area (Å²) in [6.07, 6.45) is 15.0. The maximum atomic E-state index is 14.6. The van der Waals surface area contributed by atoms with Gasteiger partial charge in [-0.05, 0) is 72.7 Å². The summed E-state index contributed by atoms with van der Waals surface area (Å²) < 4.78 is 36.7. The molecule has 6 rings (SSSR count). The molecule has 0 aliphatic carbocycles. The SMILES string of the molecule is CCCCCCN(CCCCCC)c1ccc(-c2cc3c(s2)c2sc4cc(-c5cc(F)c(C#N)c(F)c5)sc4c2n3CC(CC)CCCC)cc1. The molecule has 6 aromatic rings. The molecule has 1 unspecified atom stereocenters. The number of halogens is 2. The molecule has 270 valence electrons. The molecule has 0 saturated heterocycles. The van der Waals surface area contributed by atoms with Gasteiger partial charge in [-0.3, -0.25) is 0 Å². The molecular formula is C43H51F2N3S3. The number of fused-ring (bicyclic) bond motifs is 5. The van der Waals surface area contributed by atoms with Gasteiger partial charge in [0.05, 0.1) is 25.1 Å². The molecule has 0 N–H and O–H groups in total. The van der Waals surface area contributed by atoms with Crippen LogP contribution in [-0.2, 0) is 6.54 Å². The van der Waals surface area contributed by atoms with Gasteiger partial charge in [0, 0.05) is 39.8 Å². The van der Waals surface area contributed by atoms with Crippen molar-refractivity contribution in [3.8, 4) is 27.0 Å². The van der Waals surface area contributed by atoms with Crippen molar-refractivity contribution < 1.29 is 8.78 Å². The predicted molar refractivity (Wildman–Crippen MR) is 220 cm³/mol. The summed E-state index contributed by atoms with van der Waals surface area (Å²) in [5.41, 5.74) is 5.08. The first-order valence-electron chi connectivity index (χ1n) is 19.1. The quantitative estimate of drug-likeness (QED) is 0.0774. The van der Waals surface area contributed by atoms with Gasteiger partial charge in [-0.25, -0.2) is 8.78 Å². The smallest absolute Gasteiger partial charge is 0.144 e. The van der Waals surface area contributed by atoms with Crippen LogP contribution in [0.2, 0.25) is 0 Å². The summed E-state index contributed by atoms with van der Waals surface area (Å²) in [7, 11) is 0. The fourth-order valence-corrected chi connectivity index (χ4v) is 11.2. The molecule has 2 aromatic carbocycles. The van der Waals surface area contributed by atoms with Crippen molar-refractivity contribution in [2.75, 3.05) is 18.0 Å². The molecule has 51 heavy (non-hydrogen) atoms. The molecular weight excluding hydrogens is 693 g/mol. The molecule has 0 amide bonds. The molecule has 4 heterocycles. The van der Waals surface area contributed by atoms with Crippen molar-refractivity contribution in [3.05, 3.63) is 65.7 Å². The van der Waals surface area contributed by atoms with E-state index in [1.54, 1.807) is 28.7 Å². The lowest BCUT2D eigenvalue weighted by Gasteiger charge is -2.25. The minimum Gasteiger partial charge on any atom is -0.372 e. The van der Waals surface area contributed by atoms with E-state index in [2.05, 4.69) is 73.6 Å². The van der Waals surface area contributed by atoms with Gasteiger partial charge >= 0.3 is 0 Å². The minimum absolute atomic E-state index is 0.478. The number of anilines is 1. The first-order valence-corrected chi connectivity index (χ1v) is 21.6. The number of unbranched alkanes of at least 4 members (excludes halogenated alkanes) is 7. The third-order valence-corrected chi connectivity index (χ3v) is 14.1. The number of nitriles is 1. The van der Waals surface area contributed by atoms with E-state index in [1.165, 1.54) is 124 Å². The van der Waals surface area contributed by atoms with E-state index in [4.69, 9.17) is 5.26 Å². The maximum absolute atomic E-state index is 14.6. The Hall–Kier alpha value is -3.25. The monoisotopic (exact) mass is 743 g/mol. The van der Waals surface area contributed by atoms with Gasteiger partial charge in [-0.2, -0.15) is 5.26 Å². The third-order valence-electron chi connectivity index (χ3n) is 10.3. The highest BCUT2D eigenvalue weighted by Crippen LogP contribution is 2.50. The maximum Gasteiger partial charge on any atom is 0.144 e. The second kappa shape index (κ2) is 17.5. The van der Waals surface area contributed by atoms with E-state index in [0.29, 0.717) is 11.5 Å². The molecule has 0 saturated carbocycles. The standard InChI is InChI=1S/C43H51F2N3S3/c1-5-9-12-14-21-47(22-15-13-10-6-2)32-19-17-30(18-20-32)37-25-36-41(49-37)43-40(48(36)28-29(8-4)16-11-7-3)42-39(51-43)26-38(50-42)31-23-34(44)33(27-46)35(45)24-31/h17-20,23-26,29H,5-16,21-22,28H2,1-4H3. The zero-order chi connectivity index (χ0) is 35.9. The van der Waals surface area contributed by atoms with Crippen LogP contribution in [0.25, 0.3) is 50.7 Å². The number of aromatic nitrogens is 1. The molecule has 8 heteroatoms. The highest BCUT2D eigenvalue weighted by atomic mass is 32.1. The lowest BCUT2D eigenvalue weighted by Crippen LogP contribution is -2.25. The van der Waals surface area contributed by atoms with Gasteiger partial charge in [0.25, 0.3) is 0 Å². The van der Waals surface area contributed by atoms with Crippen molar-refractivity contribution in [2.24, 2.45) is 5.92 Å². The second-order valence-corrected chi connectivity index (χ2v) is 17.2. The van der Waals surface area contributed by atoms with Gasteiger partial charge in [0.2, 0.25) is 0 Å². The molecule has 0 aliphatic rings. The Labute approximate surface area is 314 Å². The zero-order valence-corrected chi connectivity index (χ0v) is 33.1. The lowest BCUT2D eigenvalue weighted by atomic mass is 9.99. The highest BCUT2D eigenvalue weighted by Gasteiger charge is 2.24. The molecule has 0 bridgehead atoms. The summed E-state index contributed by atoms with van der Waals surface area (Å²) in [6, 6.07) is 18.0. The summed E-state index contributed by atoms with van der Waals surface area (Å²) in [4.78, 5) is 4.72. The Kier molecular flexibility index (Phi) is 12.9. The van der Waals surface area contributed by atoms with Gasteiger partial charge < -0.3 is 9.47 Å². The van der Waals surface area contributed by atoms with Crippen LogP contribution in [0.1, 0.15) is 110 Å². The average Bonchev–Trinajstić information content (AvgIpc) is 3.89. The number of hydrogen-bond acceptors (Lipinski definition) is 5. The van der Waals surface area contributed by atoms with Crippen LogP contribution < -0.4 is 4.90 Å².